The maximum Gasteiger partial charge on any atom is 0.278 e. The molecule has 2 aliphatic rings. The summed E-state index contributed by atoms with van der Waals surface area (Å²) in [6.45, 7) is 2.57. The largest absolute Gasteiger partial charge is 0.489 e. The Morgan fingerprint density at radius 3 is 2.49 bits per heavy atom. The molecule has 1 amide bonds. The van der Waals surface area contributed by atoms with Crippen LogP contribution in [0.1, 0.15) is 46.6 Å². The Kier molecular flexibility index (Phi) is 7.29. The molecule has 2 aliphatic heterocycles. The van der Waals surface area contributed by atoms with Crippen LogP contribution >= 0.6 is 0 Å². The Labute approximate surface area is 237 Å². The highest BCUT2D eigenvalue weighted by Crippen LogP contribution is 2.38. The van der Waals surface area contributed by atoms with Crippen LogP contribution in [0.5, 0.6) is 11.5 Å². The molecule has 4 aromatic rings. The summed E-state index contributed by atoms with van der Waals surface area (Å²) in [5.41, 5.74) is 2.29. The van der Waals surface area contributed by atoms with Gasteiger partial charge in [-0.2, -0.15) is 0 Å². The normalized spacial score (nSPS) is 18.9. The lowest BCUT2D eigenvalue weighted by Crippen LogP contribution is -2.58. The van der Waals surface area contributed by atoms with Gasteiger partial charge in [-0.05, 0) is 35.8 Å². The quantitative estimate of drug-likeness (QED) is 0.310. The molecule has 2 bridgehead atoms. The SMILES string of the molecule is CCC1/C=C/COc2cc(F)ccc2C(c2ccccc2)N2CN1C(=O)c1c(OCc3ccccc3)c(=O)ccn12. The number of aromatic nitrogens is 1. The Morgan fingerprint density at radius 2 is 1.73 bits per heavy atom. The Hall–Kier alpha value is -4.85. The van der Waals surface area contributed by atoms with Gasteiger partial charge in [0, 0.05) is 23.9 Å². The molecule has 0 N–H and O–H groups in total. The van der Waals surface area contributed by atoms with Crippen LogP contribution in [-0.4, -0.2) is 34.8 Å². The lowest BCUT2D eigenvalue weighted by atomic mass is 9.96. The summed E-state index contributed by atoms with van der Waals surface area (Å²) in [4.78, 5) is 29.2. The first-order valence-electron chi connectivity index (χ1n) is 13.7. The summed E-state index contributed by atoms with van der Waals surface area (Å²) < 4.78 is 28.4. The summed E-state index contributed by atoms with van der Waals surface area (Å²) in [6, 6.07) is 24.5. The lowest BCUT2D eigenvalue weighted by molar-refractivity contribution is 0.0623. The first-order chi connectivity index (χ1) is 20.0. The van der Waals surface area contributed by atoms with Crippen LogP contribution in [0.4, 0.5) is 4.39 Å². The van der Waals surface area contributed by atoms with E-state index in [2.05, 4.69) is 0 Å². The minimum Gasteiger partial charge on any atom is -0.489 e. The summed E-state index contributed by atoms with van der Waals surface area (Å²) in [5, 5.41) is 2.00. The molecule has 0 radical (unpaired) electrons. The average Bonchev–Trinajstić information content (AvgIpc) is 3.02. The topological polar surface area (TPSA) is 64.0 Å². The molecule has 0 spiro atoms. The number of amides is 1. The minimum absolute atomic E-state index is 0.00727. The molecule has 0 fully saturated rings. The van der Waals surface area contributed by atoms with Gasteiger partial charge in [-0.15, -0.1) is 0 Å². The van der Waals surface area contributed by atoms with Crippen molar-refractivity contribution in [3.05, 3.63) is 142 Å². The zero-order valence-electron chi connectivity index (χ0n) is 22.7. The number of pyridine rings is 1. The van der Waals surface area contributed by atoms with Gasteiger partial charge >= 0.3 is 0 Å². The third-order valence-corrected chi connectivity index (χ3v) is 7.49. The number of benzene rings is 3. The van der Waals surface area contributed by atoms with E-state index in [4.69, 9.17) is 9.47 Å². The van der Waals surface area contributed by atoms with Gasteiger partial charge in [0.15, 0.2) is 11.4 Å². The molecular formula is C33H30FN3O4. The maximum atomic E-state index is 14.5. The summed E-state index contributed by atoms with van der Waals surface area (Å²) in [5.74, 6) is -0.307. The van der Waals surface area contributed by atoms with Crippen molar-refractivity contribution in [2.45, 2.75) is 32.0 Å². The number of halogens is 1. The molecule has 2 atom stereocenters. The van der Waals surface area contributed by atoms with Crippen LogP contribution in [0.2, 0.25) is 0 Å². The lowest BCUT2D eigenvalue weighted by Gasteiger charge is -2.46. The van der Waals surface area contributed by atoms with Gasteiger partial charge in [-0.3, -0.25) is 19.3 Å². The number of ether oxygens (including phenoxy) is 2. The van der Waals surface area contributed by atoms with Crippen LogP contribution in [0.3, 0.4) is 0 Å². The fourth-order valence-corrected chi connectivity index (χ4v) is 5.49. The van der Waals surface area contributed by atoms with Crippen molar-refractivity contribution in [1.82, 2.24) is 9.58 Å². The predicted molar refractivity (Wildman–Crippen MR) is 154 cm³/mol. The maximum absolute atomic E-state index is 14.5. The predicted octanol–water partition coefficient (Wildman–Crippen LogP) is 5.43. The highest BCUT2D eigenvalue weighted by atomic mass is 19.1. The van der Waals surface area contributed by atoms with E-state index in [1.165, 1.54) is 18.2 Å². The standard InChI is InChI=1S/C33H30FN3O4/c1-2-26-14-9-19-40-29-20-25(34)15-16-27(29)30(24-12-7-4-8-13-24)37-22-35(26)33(39)31-32(28(38)17-18-36(31)37)41-21-23-10-5-3-6-11-23/h3-18,20,26,30H,2,19,21-22H2,1H3/b14-9+. The van der Waals surface area contributed by atoms with Gasteiger partial charge in [-0.1, -0.05) is 73.7 Å². The van der Waals surface area contributed by atoms with Crippen LogP contribution in [0, 0.1) is 5.82 Å². The van der Waals surface area contributed by atoms with E-state index in [1.807, 2.05) is 84.7 Å². The molecule has 0 saturated heterocycles. The average molecular weight is 552 g/mol. The fourth-order valence-electron chi connectivity index (χ4n) is 5.49. The van der Waals surface area contributed by atoms with Crippen molar-refractivity contribution in [2.24, 2.45) is 0 Å². The molecule has 8 heteroatoms. The summed E-state index contributed by atoms with van der Waals surface area (Å²) in [7, 11) is 0. The van der Waals surface area contributed by atoms with Gasteiger partial charge in [-0.25, -0.2) is 4.39 Å². The van der Waals surface area contributed by atoms with Crippen molar-refractivity contribution < 1.29 is 18.7 Å². The molecule has 1 aromatic heterocycles. The molecular weight excluding hydrogens is 521 g/mol. The first-order valence-corrected chi connectivity index (χ1v) is 13.7. The third kappa shape index (κ3) is 5.09. The monoisotopic (exact) mass is 551 g/mol. The second kappa shape index (κ2) is 11.3. The Morgan fingerprint density at radius 1 is 0.976 bits per heavy atom. The molecule has 3 aromatic carbocycles. The molecule has 0 aliphatic carbocycles. The highest BCUT2D eigenvalue weighted by Gasteiger charge is 2.40. The van der Waals surface area contributed by atoms with Crippen molar-refractivity contribution in [3.8, 4) is 11.5 Å². The zero-order valence-corrected chi connectivity index (χ0v) is 22.7. The van der Waals surface area contributed by atoms with Crippen molar-refractivity contribution in [3.63, 3.8) is 0 Å². The van der Waals surface area contributed by atoms with E-state index in [0.717, 1.165) is 16.7 Å². The third-order valence-electron chi connectivity index (χ3n) is 7.49. The number of nitrogens with zero attached hydrogens (tertiary/aromatic N) is 3. The van der Waals surface area contributed by atoms with Crippen LogP contribution < -0.4 is 19.9 Å². The van der Waals surface area contributed by atoms with E-state index in [0.29, 0.717) is 12.2 Å². The summed E-state index contributed by atoms with van der Waals surface area (Å²) >= 11 is 0. The van der Waals surface area contributed by atoms with Gasteiger partial charge < -0.3 is 14.4 Å². The van der Waals surface area contributed by atoms with Crippen molar-refractivity contribution >= 4 is 5.91 Å². The number of rotatable bonds is 5. The van der Waals surface area contributed by atoms with E-state index >= 15 is 0 Å². The van der Waals surface area contributed by atoms with Crippen molar-refractivity contribution in [1.29, 1.82) is 0 Å². The van der Waals surface area contributed by atoms with E-state index in [1.54, 1.807) is 21.8 Å². The zero-order chi connectivity index (χ0) is 28.3. The Bertz CT molecular complexity index is 1640. The number of hydrogen-bond acceptors (Lipinski definition) is 5. The fraction of sp³-hybridized carbons (Fsp3) is 0.212. The van der Waals surface area contributed by atoms with Gasteiger partial charge in [0.2, 0.25) is 5.43 Å². The van der Waals surface area contributed by atoms with Gasteiger partial charge in [0.1, 0.15) is 37.5 Å². The summed E-state index contributed by atoms with van der Waals surface area (Å²) in [6.07, 6.45) is 6.03. The number of hydrogen-bond donors (Lipinski definition) is 0. The van der Waals surface area contributed by atoms with Crippen molar-refractivity contribution in [2.75, 3.05) is 18.3 Å². The van der Waals surface area contributed by atoms with E-state index < -0.39 is 11.9 Å². The molecule has 7 nitrogen and oxygen atoms in total. The number of carbonyl (C=O) groups is 1. The second-order valence-corrected chi connectivity index (χ2v) is 10.0. The van der Waals surface area contributed by atoms with E-state index in [9.17, 15) is 14.0 Å². The molecule has 208 valence electrons. The highest BCUT2D eigenvalue weighted by molar-refractivity contribution is 5.96. The molecule has 6 rings (SSSR count). The first kappa shape index (κ1) is 26.4. The molecule has 3 heterocycles. The van der Waals surface area contributed by atoms with Gasteiger partial charge in [0.05, 0.1) is 6.04 Å². The van der Waals surface area contributed by atoms with Crippen LogP contribution in [0.15, 0.2) is 108 Å². The molecule has 0 saturated carbocycles. The van der Waals surface area contributed by atoms with Gasteiger partial charge in [0.25, 0.3) is 5.91 Å². The number of fused-ring (bicyclic) bond motifs is 5. The second-order valence-electron chi connectivity index (χ2n) is 10.0. The molecule has 2 unspecified atom stereocenters. The molecule has 41 heavy (non-hydrogen) atoms. The minimum atomic E-state index is -0.485. The van der Waals surface area contributed by atoms with Crippen LogP contribution in [-0.2, 0) is 6.61 Å². The Balaban J connectivity index is 1.58. The van der Waals surface area contributed by atoms with Crippen LogP contribution in [0.25, 0.3) is 0 Å². The smallest absolute Gasteiger partial charge is 0.278 e. The number of carbonyl (C=O) groups excluding carboxylic acids is 1. The van der Waals surface area contributed by atoms with E-state index in [-0.39, 0.29) is 48.7 Å².